The number of nitrogens with one attached hydrogen (secondary N) is 2. The predicted molar refractivity (Wildman–Crippen MR) is 152 cm³/mol. The predicted octanol–water partition coefficient (Wildman–Crippen LogP) is 3.83. The van der Waals surface area contributed by atoms with Crippen LogP contribution in [0.5, 0.6) is 0 Å². The van der Waals surface area contributed by atoms with Gasteiger partial charge in [0.25, 0.3) is 0 Å². The highest BCUT2D eigenvalue weighted by Crippen LogP contribution is 2.26. The van der Waals surface area contributed by atoms with E-state index in [0.717, 1.165) is 29.1 Å². The lowest BCUT2D eigenvalue weighted by Crippen LogP contribution is -2.50. The fraction of sp³-hybridized carbons (Fsp3) is 0.483. The van der Waals surface area contributed by atoms with Gasteiger partial charge >= 0.3 is 0 Å². The molecule has 1 aromatic heterocycles. The van der Waals surface area contributed by atoms with Crippen LogP contribution < -0.4 is 10.9 Å². The van der Waals surface area contributed by atoms with Crippen LogP contribution in [0.25, 0.3) is 6.08 Å². The molecule has 1 saturated heterocycles. The summed E-state index contributed by atoms with van der Waals surface area (Å²) in [4.78, 5) is 36.7. The first-order valence-corrected chi connectivity index (χ1v) is 15.4. The smallest absolute Gasteiger partial charge is 0.247 e. The summed E-state index contributed by atoms with van der Waals surface area (Å²) in [7, 11) is -3.82. The van der Waals surface area contributed by atoms with Gasteiger partial charge in [-0.15, -0.1) is 4.41 Å². The van der Waals surface area contributed by atoms with Crippen molar-refractivity contribution in [2.24, 2.45) is 17.8 Å². The molecule has 0 bridgehead atoms. The van der Waals surface area contributed by atoms with Gasteiger partial charge in [-0.3, -0.25) is 20.0 Å². The van der Waals surface area contributed by atoms with Crippen LogP contribution in [0.3, 0.4) is 0 Å². The first-order chi connectivity index (χ1) is 19.1. The van der Waals surface area contributed by atoms with Gasteiger partial charge < -0.3 is 4.74 Å². The lowest BCUT2D eigenvalue weighted by Gasteiger charge is -2.30. The Morgan fingerprint density at radius 3 is 2.45 bits per heavy atom. The first kappa shape index (κ1) is 31.4. The van der Waals surface area contributed by atoms with Crippen molar-refractivity contribution in [3.05, 3.63) is 72.1 Å². The van der Waals surface area contributed by atoms with E-state index in [0.29, 0.717) is 25.0 Å². The second kappa shape index (κ2) is 15.6. The summed E-state index contributed by atoms with van der Waals surface area (Å²) in [6.45, 7) is 4.38. The number of carbonyl (C=O) groups is 2. The molecule has 2 heterocycles. The third-order valence-electron chi connectivity index (χ3n) is 6.52. The Morgan fingerprint density at radius 2 is 1.82 bits per heavy atom. The monoisotopic (exact) mass is 572 g/mol. The number of ether oxygens (including phenoxy) is 1. The summed E-state index contributed by atoms with van der Waals surface area (Å²) in [5.74, 6) is -2.63. The van der Waals surface area contributed by atoms with Gasteiger partial charge in [0.1, 0.15) is 0 Å². The molecule has 0 saturated carbocycles. The zero-order valence-corrected chi connectivity index (χ0v) is 24.2. The van der Waals surface area contributed by atoms with Crippen LogP contribution in [-0.2, 0) is 35.7 Å². The fourth-order valence-electron chi connectivity index (χ4n) is 4.43. The molecule has 0 aliphatic carbocycles. The quantitative estimate of drug-likeness (QED) is 0.330. The lowest BCUT2D eigenvalue weighted by molar-refractivity contribution is -0.203. The van der Waals surface area contributed by atoms with Crippen molar-refractivity contribution in [2.45, 2.75) is 58.8 Å². The number of allylic oxidation sites excluding steroid dienone is 1. The van der Waals surface area contributed by atoms with Crippen molar-refractivity contribution in [1.82, 2.24) is 20.3 Å². The molecule has 2 amide bonds. The summed E-state index contributed by atoms with van der Waals surface area (Å²) in [6, 6.07) is 13.0. The molecule has 1 aliphatic rings. The highest BCUT2D eigenvalue weighted by Gasteiger charge is 2.36. The van der Waals surface area contributed by atoms with Crippen LogP contribution in [-0.4, -0.2) is 48.8 Å². The summed E-state index contributed by atoms with van der Waals surface area (Å²) in [5.41, 5.74) is 6.70. The van der Waals surface area contributed by atoms with Gasteiger partial charge in [-0.05, 0) is 54.9 Å². The Bertz CT molecular complexity index is 1200. The fourth-order valence-corrected chi connectivity index (χ4v) is 5.07. The van der Waals surface area contributed by atoms with E-state index in [1.807, 2.05) is 56.3 Å². The Morgan fingerprint density at radius 1 is 1.10 bits per heavy atom. The second-order valence-electron chi connectivity index (χ2n) is 10.4. The van der Waals surface area contributed by atoms with Crippen molar-refractivity contribution in [3.8, 4) is 0 Å². The molecule has 0 radical (unpaired) electrons. The first-order valence-electron chi connectivity index (χ1n) is 13.6. The van der Waals surface area contributed by atoms with Gasteiger partial charge in [0.2, 0.25) is 21.8 Å². The van der Waals surface area contributed by atoms with Gasteiger partial charge in [-0.25, -0.2) is 18.7 Å². The van der Waals surface area contributed by atoms with Crippen LogP contribution in [0.1, 0.15) is 57.1 Å². The van der Waals surface area contributed by atoms with Gasteiger partial charge in [0.05, 0.1) is 24.6 Å². The van der Waals surface area contributed by atoms with Crippen molar-refractivity contribution in [1.29, 1.82) is 0 Å². The zero-order valence-electron chi connectivity index (χ0n) is 23.4. The molecule has 218 valence electrons. The molecule has 1 aromatic carbocycles. The molecule has 2 aromatic rings. The topological polar surface area (TPSA) is 127 Å². The Labute approximate surface area is 237 Å². The highest BCUT2D eigenvalue weighted by molar-refractivity contribution is 7.88. The molecule has 40 heavy (non-hydrogen) atoms. The number of benzene rings is 1. The number of pyridine rings is 1. The van der Waals surface area contributed by atoms with E-state index in [2.05, 4.69) is 15.9 Å². The number of hydrogen-bond donors (Lipinski definition) is 2. The van der Waals surface area contributed by atoms with E-state index < -0.39 is 40.0 Å². The number of sulfonamides is 1. The van der Waals surface area contributed by atoms with Gasteiger partial charge in [-0.1, -0.05) is 56.3 Å². The minimum Gasteiger partial charge on any atom is -0.350 e. The number of rotatable bonds is 14. The van der Waals surface area contributed by atoms with E-state index in [-0.39, 0.29) is 18.9 Å². The molecule has 1 fully saturated rings. The van der Waals surface area contributed by atoms with Gasteiger partial charge in [0.15, 0.2) is 6.29 Å². The Kier molecular flexibility index (Phi) is 12.3. The van der Waals surface area contributed by atoms with E-state index >= 15 is 0 Å². The molecule has 1 unspecified atom stereocenters. The molecule has 2 N–H and O–H groups in total. The number of carbonyl (C=O) groups excluding carboxylic acids is 2. The third kappa shape index (κ3) is 10.5. The maximum atomic E-state index is 13.7. The maximum Gasteiger partial charge on any atom is 0.247 e. The van der Waals surface area contributed by atoms with E-state index in [4.69, 9.17) is 9.57 Å². The number of amides is 2. The van der Waals surface area contributed by atoms with Gasteiger partial charge in [-0.2, -0.15) is 0 Å². The normalized spacial score (nSPS) is 17.6. The molecule has 1 aliphatic heterocycles. The average molecular weight is 573 g/mol. The molecular weight excluding hydrogens is 532 g/mol. The minimum atomic E-state index is -3.82. The molecule has 0 spiro atoms. The maximum absolute atomic E-state index is 13.7. The standard InChI is InChI=1S/C29H40N4O6S/c1-22(2)20-26(28(34)31-33(40(3,36)37)21-24-15-17-30-18-16-24)25(13-9-12-23-10-5-4-6-11-23)29(35)32-39-27-14-7-8-19-38-27/h4-6,9-12,15-18,22,25-27H,7-8,13-14,19-21H2,1-3H3,(H,31,34)(H,32,35)/t25-,26+,27?/m0/s1. The number of hydrogen-bond acceptors (Lipinski definition) is 7. The number of nitrogens with zero attached hydrogens (tertiary/aromatic N) is 2. The van der Waals surface area contributed by atoms with Crippen LogP contribution in [0, 0.1) is 17.8 Å². The van der Waals surface area contributed by atoms with Crippen molar-refractivity contribution in [3.63, 3.8) is 0 Å². The molecule has 3 rings (SSSR count). The lowest BCUT2D eigenvalue weighted by atomic mass is 9.82. The second-order valence-corrected chi connectivity index (χ2v) is 12.3. The van der Waals surface area contributed by atoms with Crippen LogP contribution in [0.4, 0.5) is 0 Å². The zero-order chi connectivity index (χ0) is 29.0. The minimum absolute atomic E-state index is 0.0543. The highest BCUT2D eigenvalue weighted by atomic mass is 32.2. The van der Waals surface area contributed by atoms with Crippen LogP contribution >= 0.6 is 0 Å². The number of aromatic nitrogens is 1. The Hall–Kier alpha value is -3.12. The number of hydroxylamine groups is 1. The van der Waals surface area contributed by atoms with Crippen molar-refractivity contribution in [2.75, 3.05) is 12.9 Å². The van der Waals surface area contributed by atoms with Crippen LogP contribution in [0.2, 0.25) is 0 Å². The largest absolute Gasteiger partial charge is 0.350 e. The molecule has 10 nitrogen and oxygen atoms in total. The summed E-state index contributed by atoms with van der Waals surface area (Å²) >= 11 is 0. The van der Waals surface area contributed by atoms with E-state index in [9.17, 15) is 18.0 Å². The van der Waals surface area contributed by atoms with E-state index in [1.165, 1.54) is 0 Å². The SMILES string of the molecule is CC(C)C[C@@H](C(=O)NN(Cc1ccncc1)S(C)(=O)=O)[C@H](CC=Cc1ccccc1)C(=O)NOC1CCCCO1. The Balaban J connectivity index is 1.83. The van der Waals surface area contributed by atoms with Gasteiger partial charge in [0, 0.05) is 25.4 Å². The third-order valence-corrected chi connectivity index (χ3v) is 7.55. The molecule has 3 atom stereocenters. The van der Waals surface area contributed by atoms with E-state index in [1.54, 1.807) is 24.5 Å². The molecule has 11 heteroatoms. The average Bonchev–Trinajstić information content (AvgIpc) is 2.94. The van der Waals surface area contributed by atoms with Crippen molar-refractivity contribution >= 4 is 27.9 Å². The summed E-state index contributed by atoms with van der Waals surface area (Å²) in [6.07, 6.45) is 10.4. The van der Waals surface area contributed by atoms with Crippen molar-refractivity contribution < 1.29 is 27.6 Å². The summed E-state index contributed by atoms with van der Waals surface area (Å²) in [5, 5.41) is 0. The molecular formula is C29H40N4O6S. The van der Waals surface area contributed by atoms with Crippen LogP contribution in [0.15, 0.2) is 60.9 Å². The summed E-state index contributed by atoms with van der Waals surface area (Å²) < 4.78 is 31.7. The number of hydrazine groups is 1.